The number of halogens is 3. The number of thioether (sulfide) groups is 1. The molecule has 9 heteroatoms. The van der Waals surface area contributed by atoms with Crippen molar-refractivity contribution in [3.8, 4) is 5.69 Å². The largest absolute Gasteiger partial charge is 0.300 e. The van der Waals surface area contributed by atoms with Crippen molar-refractivity contribution in [1.29, 1.82) is 0 Å². The molecule has 2 aromatic heterocycles. The van der Waals surface area contributed by atoms with Crippen molar-refractivity contribution in [3.63, 3.8) is 0 Å². The molecule has 0 aliphatic carbocycles. The normalized spacial score (nSPS) is 11.3. The minimum atomic E-state index is -0.262. The molecule has 0 N–H and O–H groups in total. The van der Waals surface area contributed by atoms with Gasteiger partial charge in [-0.25, -0.2) is 0 Å². The number of rotatable bonds is 4. The predicted molar refractivity (Wildman–Crippen MR) is 114 cm³/mol. The molecule has 0 fully saturated rings. The zero-order valence-corrected chi connectivity index (χ0v) is 17.6. The summed E-state index contributed by atoms with van der Waals surface area (Å²) in [7, 11) is 0. The van der Waals surface area contributed by atoms with Crippen molar-refractivity contribution in [1.82, 2.24) is 19.2 Å². The molecule has 2 aromatic carbocycles. The summed E-state index contributed by atoms with van der Waals surface area (Å²) < 4.78 is 3.21. The van der Waals surface area contributed by atoms with Crippen LogP contribution < -0.4 is 5.56 Å². The van der Waals surface area contributed by atoms with Crippen LogP contribution in [-0.2, 0) is 5.75 Å². The molecule has 4 aromatic rings. The minimum absolute atomic E-state index is 0.249. The number of fused-ring (bicyclic) bond motifs is 1. The van der Waals surface area contributed by atoms with Crippen LogP contribution in [0.15, 0.2) is 58.7 Å². The van der Waals surface area contributed by atoms with Gasteiger partial charge in [-0.05, 0) is 42.3 Å². The van der Waals surface area contributed by atoms with Gasteiger partial charge in [0.2, 0.25) is 5.65 Å². The second-order valence-electron chi connectivity index (χ2n) is 6.07. The highest BCUT2D eigenvalue weighted by Crippen LogP contribution is 2.27. The fraction of sp³-hybridized carbons (Fsp3) is 0.105. The fourth-order valence-corrected chi connectivity index (χ4v) is 4.14. The van der Waals surface area contributed by atoms with Gasteiger partial charge >= 0.3 is 5.56 Å². The molecule has 0 saturated carbocycles. The number of hydrogen-bond donors (Lipinski definition) is 0. The van der Waals surface area contributed by atoms with Crippen LogP contribution in [0.4, 0.5) is 0 Å². The van der Waals surface area contributed by atoms with Gasteiger partial charge in [-0.1, -0.05) is 58.7 Å². The van der Waals surface area contributed by atoms with Gasteiger partial charge in [0.05, 0.1) is 15.7 Å². The standard InChI is InChI=1S/C19H13Cl3N4OS/c1-11-13(20)3-2-4-16(11)25-7-8-26-17(18(25)27)23-24-19(26)28-10-12-5-6-14(21)15(22)9-12/h2-9H,10H2,1H3. The van der Waals surface area contributed by atoms with Crippen LogP contribution in [0.1, 0.15) is 11.1 Å². The number of benzene rings is 2. The molecule has 0 saturated heterocycles. The third kappa shape index (κ3) is 3.53. The molecule has 2 heterocycles. The second-order valence-corrected chi connectivity index (χ2v) is 8.23. The Hall–Kier alpha value is -1.99. The molecule has 0 unspecified atom stereocenters. The fourth-order valence-electron chi connectivity index (χ4n) is 2.79. The lowest BCUT2D eigenvalue weighted by molar-refractivity contribution is 0.890. The van der Waals surface area contributed by atoms with E-state index >= 15 is 0 Å². The van der Waals surface area contributed by atoms with E-state index < -0.39 is 0 Å². The molecule has 4 rings (SSSR count). The van der Waals surface area contributed by atoms with Gasteiger partial charge in [0, 0.05) is 23.2 Å². The minimum Gasteiger partial charge on any atom is -0.279 e. The molecule has 0 amide bonds. The molecule has 0 atom stereocenters. The Balaban J connectivity index is 1.67. The highest BCUT2D eigenvalue weighted by atomic mass is 35.5. The lowest BCUT2D eigenvalue weighted by atomic mass is 10.2. The van der Waals surface area contributed by atoms with Crippen molar-refractivity contribution < 1.29 is 0 Å². The lowest BCUT2D eigenvalue weighted by Crippen LogP contribution is -2.21. The van der Waals surface area contributed by atoms with Crippen LogP contribution in [0.2, 0.25) is 15.1 Å². The van der Waals surface area contributed by atoms with Crippen LogP contribution in [0, 0.1) is 6.92 Å². The number of hydrogen-bond acceptors (Lipinski definition) is 4. The van der Waals surface area contributed by atoms with Crippen molar-refractivity contribution >= 4 is 52.2 Å². The second kappa shape index (κ2) is 7.79. The summed E-state index contributed by atoms with van der Waals surface area (Å²) in [5.74, 6) is 0.619. The molecule has 0 radical (unpaired) electrons. The van der Waals surface area contributed by atoms with Gasteiger partial charge in [-0.2, -0.15) is 0 Å². The van der Waals surface area contributed by atoms with E-state index in [0.717, 1.165) is 11.1 Å². The van der Waals surface area contributed by atoms with E-state index in [4.69, 9.17) is 34.8 Å². The van der Waals surface area contributed by atoms with E-state index in [9.17, 15) is 4.79 Å². The van der Waals surface area contributed by atoms with Crippen LogP contribution in [0.25, 0.3) is 11.3 Å². The third-order valence-electron chi connectivity index (χ3n) is 4.29. The lowest BCUT2D eigenvalue weighted by Gasteiger charge is -2.10. The molecular formula is C19H13Cl3N4OS. The van der Waals surface area contributed by atoms with E-state index in [1.807, 2.05) is 31.2 Å². The first-order valence-corrected chi connectivity index (χ1v) is 10.4. The van der Waals surface area contributed by atoms with E-state index in [1.165, 1.54) is 16.3 Å². The number of aromatic nitrogens is 4. The third-order valence-corrected chi connectivity index (χ3v) is 6.45. The quantitative estimate of drug-likeness (QED) is 0.388. The van der Waals surface area contributed by atoms with Gasteiger partial charge in [0.15, 0.2) is 5.16 Å². The summed E-state index contributed by atoms with van der Waals surface area (Å²) in [4.78, 5) is 12.9. The Kier molecular flexibility index (Phi) is 5.38. The topological polar surface area (TPSA) is 52.2 Å². The maximum absolute atomic E-state index is 12.9. The molecule has 5 nitrogen and oxygen atoms in total. The zero-order chi connectivity index (χ0) is 19.8. The molecule has 0 spiro atoms. The summed E-state index contributed by atoms with van der Waals surface area (Å²) in [5, 5.41) is 10.5. The maximum Gasteiger partial charge on any atom is 0.300 e. The van der Waals surface area contributed by atoms with Gasteiger partial charge in [-0.15, -0.1) is 10.2 Å². The Morgan fingerprint density at radius 3 is 2.61 bits per heavy atom. The van der Waals surface area contributed by atoms with Crippen molar-refractivity contribution in [3.05, 3.63) is 85.3 Å². The summed E-state index contributed by atoms with van der Waals surface area (Å²) in [5.41, 5.74) is 2.52. The monoisotopic (exact) mass is 450 g/mol. The first-order valence-electron chi connectivity index (χ1n) is 8.24. The molecule has 0 aliphatic rings. The average molecular weight is 452 g/mol. The average Bonchev–Trinajstić information content (AvgIpc) is 3.10. The predicted octanol–water partition coefficient (Wildman–Crippen LogP) is 5.44. The van der Waals surface area contributed by atoms with Gasteiger partial charge < -0.3 is 0 Å². The van der Waals surface area contributed by atoms with Crippen LogP contribution >= 0.6 is 46.6 Å². The first kappa shape index (κ1) is 19.3. The van der Waals surface area contributed by atoms with E-state index in [1.54, 1.807) is 28.9 Å². The Bertz CT molecular complexity index is 1250. The van der Waals surface area contributed by atoms with Gasteiger partial charge in [0.25, 0.3) is 0 Å². The first-order chi connectivity index (χ1) is 13.5. The summed E-state index contributed by atoms with van der Waals surface area (Å²) in [6.45, 7) is 1.87. The van der Waals surface area contributed by atoms with Crippen LogP contribution in [0.5, 0.6) is 0 Å². The molecule has 142 valence electrons. The molecule has 0 aliphatic heterocycles. The van der Waals surface area contributed by atoms with Crippen molar-refractivity contribution in [2.45, 2.75) is 17.8 Å². The summed E-state index contributed by atoms with van der Waals surface area (Å²) in [6, 6.07) is 10.9. The molecule has 0 bridgehead atoms. The van der Waals surface area contributed by atoms with Gasteiger partial charge in [0.1, 0.15) is 0 Å². The highest BCUT2D eigenvalue weighted by molar-refractivity contribution is 7.98. The smallest absolute Gasteiger partial charge is 0.279 e. The summed E-state index contributed by atoms with van der Waals surface area (Å²) in [6.07, 6.45) is 3.47. The van der Waals surface area contributed by atoms with E-state index in [2.05, 4.69) is 10.2 Å². The van der Waals surface area contributed by atoms with Crippen molar-refractivity contribution in [2.75, 3.05) is 0 Å². The Morgan fingerprint density at radius 2 is 1.82 bits per heavy atom. The summed E-state index contributed by atoms with van der Waals surface area (Å²) >= 11 is 19.7. The zero-order valence-electron chi connectivity index (χ0n) is 14.6. The molecule has 28 heavy (non-hydrogen) atoms. The van der Waals surface area contributed by atoms with Crippen LogP contribution in [0.3, 0.4) is 0 Å². The highest BCUT2D eigenvalue weighted by Gasteiger charge is 2.14. The number of nitrogens with zero attached hydrogens (tertiary/aromatic N) is 4. The van der Waals surface area contributed by atoms with Gasteiger partial charge in [-0.3, -0.25) is 13.8 Å². The Labute approximate surface area is 179 Å². The SMILES string of the molecule is Cc1c(Cl)cccc1-n1ccn2c(SCc3ccc(Cl)c(Cl)c3)nnc2c1=O. The van der Waals surface area contributed by atoms with E-state index in [-0.39, 0.29) is 11.2 Å². The molecular weight excluding hydrogens is 439 g/mol. The van der Waals surface area contributed by atoms with Crippen LogP contribution in [-0.4, -0.2) is 19.2 Å². The van der Waals surface area contributed by atoms with E-state index in [0.29, 0.717) is 31.7 Å². The Morgan fingerprint density at radius 1 is 1.00 bits per heavy atom. The van der Waals surface area contributed by atoms with Crippen molar-refractivity contribution in [2.24, 2.45) is 0 Å². The maximum atomic E-state index is 12.9.